The number of aromatic nitrogens is 1. The van der Waals surface area contributed by atoms with Gasteiger partial charge in [-0.05, 0) is 25.0 Å². The molecule has 0 radical (unpaired) electrons. The minimum atomic E-state index is -0.773. The molecule has 0 aliphatic rings. The molecule has 0 bridgehead atoms. The minimum absolute atomic E-state index is 0.192. The van der Waals surface area contributed by atoms with Gasteiger partial charge in [-0.3, -0.25) is 9.59 Å². The number of amides is 1. The van der Waals surface area contributed by atoms with Crippen molar-refractivity contribution in [3.8, 4) is 11.3 Å². The summed E-state index contributed by atoms with van der Waals surface area (Å²) >= 11 is 5.93. The van der Waals surface area contributed by atoms with Crippen LogP contribution in [-0.2, 0) is 4.79 Å². The van der Waals surface area contributed by atoms with Crippen LogP contribution in [0.4, 0.5) is 0 Å². The molecule has 7 heteroatoms. The van der Waals surface area contributed by atoms with Gasteiger partial charge >= 0.3 is 5.97 Å². The van der Waals surface area contributed by atoms with Crippen LogP contribution in [0.25, 0.3) is 11.3 Å². The lowest BCUT2D eigenvalue weighted by Crippen LogP contribution is -2.24. The van der Waals surface area contributed by atoms with E-state index in [9.17, 15) is 9.59 Å². The van der Waals surface area contributed by atoms with Crippen molar-refractivity contribution in [1.29, 1.82) is 0 Å². The predicted molar refractivity (Wildman–Crippen MR) is 90.0 cm³/mol. The molecule has 0 atom stereocenters. The first-order valence-corrected chi connectivity index (χ1v) is 8.16. The Bertz CT molecular complexity index is 699. The number of nitrogens with zero attached hydrogens (tertiary/aromatic N) is 1. The van der Waals surface area contributed by atoms with Crippen molar-refractivity contribution in [2.75, 3.05) is 6.54 Å². The van der Waals surface area contributed by atoms with Crippen LogP contribution in [0, 0.1) is 0 Å². The first kappa shape index (κ1) is 18.0. The molecule has 0 aliphatic carbocycles. The Kier molecular flexibility index (Phi) is 6.81. The van der Waals surface area contributed by atoms with Gasteiger partial charge < -0.3 is 14.9 Å². The molecule has 128 valence electrons. The van der Waals surface area contributed by atoms with Crippen LogP contribution in [0.2, 0.25) is 5.02 Å². The molecule has 1 heterocycles. The molecule has 2 N–H and O–H groups in total. The lowest BCUT2D eigenvalue weighted by atomic mass is 10.1. The maximum Gasteiger partial charge on any atom is 0.303 e. The normalized spacial score (nSPS) is 10.5. The zero-order valence-corrected chi connectivity index (χ0v) is 13.9. The maximum absolute atomic E-state index is 12.0. The summed E-state index contributed by atoms with van der Waals surface area (Å²) in [5, 5.41) is 15.7. The van der Waals surface area contributed by atoms with Gasteiger partial charge in [-0.25, -0.2) is 0 Å². The minimum Gasteiger partial charge on any atom is -0.481 e. The Morgan fingerprint density at radius 3 is 2.71 bits per heavy atom. The van der Waals surface area contributed by atoms with Crippen molar-refractivity contribution in [3.63, 3.8) is 0 Å². The zero-order chi connectivity index (χ0) is 17.4. The van der Waals surface area contributed by atoms with Gasteiger partial charge in [-0.1, -0.05) is 41.7 Å². The van der Waals surface area contributed by atoms with Crippen molar-refractivity contribution in [2.45, 2.75) is 32.1 Å². The average molecular weight is 351 g/mol. The van der Waals surface area contributed by atoms with Gasteiger partial charge in [0.25, 0.3) is 5.91 Å². The van der Waals surface area contributed by atoms with E-state index >= 15 is 0 Å². The van der Waals surface area contributed by atoms with Gasteiger partial charge in [-0.2, -0.15) is 0 Å². The summed E-state index contributed by atoms with van der Waals surface area (Å²) in [5.74, 6) is -0.585. The Balaban J connectivity index is 1.74. The van der Waals surface area contributed by atoms with Crippen LogP contribution >= 0.6 is 11.6 Å². The van der Waals surface area contributed by atoms with E-state index in [1.807, 2.05) is 6.07 Å². The van der Waals surface area contributed by atoms with Crippen LogP contribution in [-0.4, -0.2) is 28.7 Å². The highest BCUT2D eigenvalue weighted by Gasteiger charge is 2.13. The van der Waals surface area contributed by atoms with Gasteiger partial charge in [-0.15, -0.1) is 0 Å². The Morgan fingerprint density at radius 2 is 1.96 bits per heavy atom. The fraction of sp³-hybridized carbons (Fsp3) is 0.353. The average Bonchev–Trinajstić information content (AvgIpc) is 3.03. The third-order valence-electron chi connectivity index (χ3n) is 3.45. The molecule has 0 saturated carbocycles. The SMILES string of the molecule is O=C(O)CCCCCCNC(=O)c1cc(-c2cccc(Cl)c2)on1. The summed E-state index contributed by atoms with van der Waals surface area (Å²) < 4.78 is 5.18. The van der Waals surface area contributed by atoms with E-state index in [4.69, 9.17) is 21.2 Å². The molecule has 2 rings (SSSR count). The summed E-state index contributed by atoms with van der Waals surface area (Å²) in [6.07, 6.45) is 3.36. The first-order valence-electron chi connectivity index (χ1n) is 7.79. The maximum atomic E-state index is 12.0. The van der Waals surface area contributed by atoms with E-state index in [0.717, 1.165) is 24.8 Å². The van der Waals surface area contributed by atoms with E-state index in [2.05, 4.69) is 10.5 Å². The van der Waals surface area contributed by atoms with Crippen LogP contribution in [0.15, 0.2) is 34.9 Å². The van der Waals surface area contributed by atoms with E-state index in [1.54, 1.807) is 24.3 Å². The number of rotatable bonds is 9. The van der Waals surface area contributed by atoms with Crippen molar-refractivity contribution >= 4 is 23.5 Å². The lowest BCUT2D eigenvalue weighted by molar-refractivity contribution is -0.137. The van der Waals surface area contributed by atoms with E-state index in [-0.39, 0.29) is 18.0 Å². The summed E-state index contributed by atoms with van der Waals surface area (Å²) in [7, 11) is 0. The first-order chi connectivity index (χ1) is 11.6. The molecule has 0 saturated heterocycles. The Hall–Kier alpha value is -2.34. The Labute approximate surface area is 144 Å². The van der Waals surface area contributed by atoms with E-state index in [1.165, 1.54) is 0 Å². The second kappa shape index (κ2) is 9.08. The summed E-state index contributed by atoms with van der Waals surface area (Å²) in [4.78, 5) is 22.4. The third kappa shape index (κ3) is 5.70. The number of benzene rings is 1. The van der Waals surface area contributed by atoms with Gasteiger partial charge in [0.2, 0.25) is 0 Å². The number of unbranched alkanes of at least 4 members (excludes halogenated alkanes) is 3. The lowest BCUT2D eigenvalue weighted by Gasteiger charge is -2.02. The number of halogens is 1. The van der Waals surface area contributed by atoms with Crippen molar-refractivity contribution in [2.24, 2.45) is 0 Å². The number of hydrogen-bond acceptors (Lipinski definition) is 4. The van der Waals surface area contributed by atoms with Crippen molar-refractivity contribution in [3.05, 3.63) is 41.0 Å². The largest absolute Gasteiger partial charge is 0.481 e. The van der Waals surface area contributed by atoms with Gasteiger partial charge in [0.05, 0.1) is 0 Å². The molecule has 0 aliphatic heterocycles. The number of hydrogen-bond donors (Lipinski definition) is 2. The monoisotopic (exact) mass is 350 g/mol. The summed E-state index contributed by atoms with van der Waals surface area (Å²) in [6, 6.07) is 8.69. The highest BCUT2D eigenvalue weighted by molar-refractivity contribution is 6.30. The highest BCUT2D eigenvalue weighted by Crippen LogP contribution is 2.23. The molecule has 0 unspecified atom stereocenters. The van der Waals surface area contributed by atoms with Gasteiger partial charge in [0.15, 0.2) is 11.5 Å². The highest BCUT2D eigenvalue weighted by atomic mass is 35.5. The number of aliphatic carboxylic acids is 1. The van der Waals surface area contributed by atoms with Crippen LogP contribution in [0.5, 0.6) is 0 Å². The molecule has 2 aromatic rings. The number of carbonyl (C=O) groups excluding carboxylic acids is 1. The number of carboxylic acids is 1. The van der Waals surface area contributed by atoms with E-state index in [0.29, 0.717) is 23.7 Å². The van der Waals surface area contributed by atoms with Gasteiger partial charge in [0, 0.05) is 29.6 Å². The standard InChI is InChI=1S/C17H19ClN2O4/c18-13-7-5-6-12(10-13)15-11-14(20-24-15)17(23)19-9-4-2-1-3-8-16(21)22/h5-7,10-11H,1-4,8-9H2,(H,19,23)(H,21,22). The summed E-state index contributed by atoms with van der Waals surface area (Å²) in [6.45, 7) is 0.519. The molecule has 0 fully saturated rings. The van der Waals surface area contributed by atoms with Crippen LogP contribution in [0.1, 0.15) is 42.6 Å². The molecule has 1 aromatic carbocycles. The fourth-order valence-electron chi connectivity index (χ4n) is 2.21. The molecule has 6 nitrogen and oxygen atoms in total. The molecule has 0 spiro atoms. The van der Waals surface area contributed by atoms with Gasteiger partial charge in [0.1, 0.15) is 0 Å². The molecular formula is C17H19ClN2O4. The molecular weight excluding hydrogens is 332 g/mol. The predicted octanol–water partition coefficient (Wildman–Crippen LogP) is 3.76. The fourth-order valence-corrected chi connectivity index (χ4v) is 2.40. The zero-order valence-electron chi connectivity index (χ0n) is 13.1. The quantitative estimate of drug-likeness (QED) is 0.672. The second-order valence-electron chi connectivity index (χ2n) is 5.40. The smallest absolute Gasteiger partial charge is 0.303 e. The number of carbonyl (C=O) groups is 2. The molecule has 1 amide bonds. The summed E-state index contributed by atoms with van der Waals surface area (Å²) in [5.41, 5.74) is 0.975. The third-order valence-corrected chi connectivity index (χ3v) is 3.69. The number of nitrogens with one attached hydrogen (secondary N) is 1. The number of carboxylic acid groups (broad SMARTS) is 1. The Morgan fingerprint density at radius 1 is 1.17 bits per heavy atom. The van der Waals surface area contributed by atoms with Crippen molar-refractivity contribution in [1.82, 2.24) is 10.5 Å². The topological polar surface area (TPSA) is 92.4 Å². The van der Waals surface area contributed by atoms with Crippen LogP contribution in [0.3, 0.4) is 0 Å². The second-order valence-corrected chi connectivity index (χ2v) is 5.84. The van der Waals surface area contributed by atoms with Crippen molar-refractivity contribution < 1.29 is 19.2 Å². The molecule has 1 aromatic heterocycles. The molecule has 24 heavy (non-hydrogen) atoms. The van der Waals surface area contributed by atoms with E-state index < -0.39 is 5.97 Å². The van der Waals surface area contributed by atoms with Crippen LogP contribution < -0.4 is 5.32 Å².